The van der Waals surface area contributed by atoms with E-state index in [1.165, 1.54) is 7.11 Å². The summed E-state index contributed by atoms with van der Waals surface area (Å²) in [7, 11) is 1.42. The molecule has 0 bridgehead atoms. The Bertz CT molecular complexity index is 669. The van der Waals surface area contributed by atoms with Crippen molar-refractivity contribution in [3.05, 3.63) is 51.3 Å². The molecule has 0 aliphatic rings. The van der Waals surface area contributed by atoms with Crippen LogP contribution in [0.5, 0.6) is 5.75 Å². The van der Waals surface area contributed by atoms with Gasteiger partial charge < -0.3 is 9.72 Å². The second-order valence-electron chi connectivity index (χ2n) is 3.57. The van der Waals surface area contributed by atoms with E-state index in [-0.39, 0.29) is 11.3 Å². The maximum absolute atomic E-state index is 11.7. The van der Waals surface area contributed by atoms with Crippen molar-refractivity contribution in [2.45, 2.75) is 0 Å². The van der Waals surface area contributed by atoms with Crippen LogP contribution in [0.4, 0.5) is 0 Å². The predicted octanol–water partition coefficient (Wildman–Crippen LogP) is 2.58. The lowest BCUT2D eigenvalue weighted by molar-refractivity contribution is 0.412. The van der Waals surface area contributed by atoms with Crippen molar-refractivity contribution in [2.75, 3.05) is 7.11 Å². The van der Waals surface area contributed by atoms with Gasteiger partial charge >= 0.3 is 0 Å². The monoisotopic (exact) mass is 260 g/mol. The van der Waals surface area contributed by atoms with Gasteiger partial charge in [0.2, 0.25) is 0 Å². The van der Waals surface area contributed by atoms with Crippen LogP contribution in [0.1, 0.15) is 5.56 Å². The van der Waals surface area contributed by atoms with Crippen LogP contribution in [0.15, 0.2) is 35.1 Å². The molecule has 1 N–H and O–H groups in total. The Hall–Kier alpha value is -2.25. The van der Waals surface area contributed by atoms with E-state index < -0.39 is 5.56 Å². The molecule has 0 saturated heterocycles. The van der Waals surface area contributed by atoms with Crippen LogP contribution in [-0.2, 0) is 0 Å². The fourth-order valence-electron chi connectivity index (χ4n) is 1.59. The molecule has 1 aromatic carbocycles. The number of methoxy groups -OCH3 is 1. The zero-order chi connectivity index (χ0) is 13.1. The van der Waals surface area contributed by atoms with Gasteiger partial charge in [0.05, 0.1) is 12.8 Å². The summed E-state index contributed by atoms with van der Waals surface area (Å²) in [4.78, 5) is 14.3. The van der Waals surface area contributed by atoms with Crippen LogP contribution in [0.2, 0.25) is 5.02 Å². The van der Waals surface area contributed by atoms with E-state index in [1.54, 1.807) is 30.3 Å². The first kappa shape index (κ1) is 12.2. The SMILES string of the molecule is COc1cc(-c2ccc(Cl)cc2)[nH]c(=O)c1C#N. The van der Waals surface area contributed by atoms with Gasteiger partial charge in [0.25, 0.3) is 5.56 Å². The molecular weight excluding hydrogens is 252 g/mol. The number of rotatable bonds is 2. The number of hydrogen-bond donors (Lipinski definition) is 1. The van der Waals surface area contributed by atoms with E-state index in [4.69, 9.17) is 21.6 Å². The molecule has 1 aromatic heterocycles. The molecule has 1 heterocycles. The zero-order valence-electron chi connectivity index (χ0n) is 9.53. The smallest absolute Gasteiger partial charge is 0.270 e. The third-order valence-corrected chi connectivity index (χ3v) is 2.74. The Morgan fingerprint density at radius 3 is 2.56 bits per heavy atom. The Morgan fingerprint density at radius 2 is 2.00 bits per heavy atom. The summed E-state index contributed by atoms with van der Waals surface area (Å²) in [5.74, 6) is 0.256. The first-order chi connectivity index (χ1) is 8.65. The second-order valence-corrected chi connectivity index (χ2v) is 4.01. The topological polar surface area (TPSA) is 65.9 Å². The van der Waals surface area contributed by atoms with Crippen LogP contribution in [0.25, 0.3) is 11.3 Å². The molecule has 2 rings (SSSR count). The number of nitriles is 1. The van der Waals surface area contributed by atoms with Gasteiger partial charge in [0.1, 0.15) is 11.8 Å². The average Bonchev–Trinajstić information content (AvgIpc) is 2.38. The van der Waals surface area contributed by atoms with Crippen molar-refractivity contribution in [3.8, 4) is 23.1 Å². The maximum Gasteiger partial charge on any atom is 0.270 e. The molecule has 4 nitrogen and oxygen atoms in total. The molecule has 0 amide bonds. The molecule has 0 aliphatic carbocycles. The normalized spacial score (nSPS) is 9.83. The highest BCUT2D eigenvalue weighted by atomic mass is 35.5. The lowest BCUT2D eigenvalue weighted by Gasteiger charge is -2.06. The molecule has 0 aliphatic heterocycles. The lowest BCUT2D eigenvalue weighted by Crippen LogP contribution is -2.12. The molecule has 0 fully saturated rings. The van der Waals surface area contributed by atoms with Crippen LogP contribution < -0.4 is 10.3 Å². The summed E-state index contributed by atoms with van der Waals surface area (Å²) < 4.78 is 5.03. The highest BCUT2D eigenvalue weighted by Crippen LogP contribution is 2.23. The maximum atomic E-state index is 11.7. The molecule has 0 radical (unpaired) electrons. The summed E-state index contributed by atoms with van der Waals surface area (Å²) in [6, 6.07) is 10.4. The summed E-state index contributed by atoms with van der Waals surface area (Å²) in [5.41, 5.74) is 0.865. The first-order valence-corrected chi connectivity index (χ1v) is 5.51. The fraction of sp³-hybridized carbons (Fsp3) is 0.0769. The third kappa shape index (κ3) is 2.22. The number of benzene rings is 1. The predicted molar refractivity (Wildman–Crippen MR) is 68.8 cm³/mol. The van der Waals surface area contributed by atoms with E-state index in [1.807, 2.05) is 6.07 Å². The number of H-pyrrole nitrogens is 1. The highest BCUT2D eigenvalue weighted by molar-refractivity contribution is 6.30. The van der Waals surface area contributed by atoms with Crippen molar-refractivity contribution in [1.29, 1.82) is 5.26 Å². The van der Waals surface area contributed by atoms with Crippen LogP contribution in [0, 0.1) is 11.3 Å². The lowest BCUT2D eigenvalue weighted by atomic mass is 10.1. The van der Waals surface area contributed by atoms with E-state index in [9.17, 15) is 4.79 Å². The largest absolute Gasteiger partial charge is 0.495 e. The summed E-state index contributed by atoms with van der Waals surface area (Å²) >= 11 is 5.80. The zero-order valence-corrected chi connectivity index (χ0v) is 10.3. The molecule has 18 heavy (non-hydrogen) atoms. The van der Waals surface area contributed by atoms with Gasteiger partial charge in [-0.05, 0) is 17.7 Å². The molecule has 0 atom stereocenters. The molecular formula is C13H9ClN2O2. The molecule has 0 unspecified atom stereocenters. The van der Waals surface area contributed by atoms with Gasteiger partial charge in [-0.25, -0.2) is 0 Å². The summed E-state index contributed by atoms with van der Waals surface area (Å²) in [6.07, 6.45) is 0. The summed E-state index contributed by atoms with van der Waals surface area (Å²) in [6.45, 7) is 0. The minimum Gasteiger partial charge on any atom is -0.495 e. The van der Waals surface area contributed by atoms with E-state index >= 15 is 0 Å². The molecule has 90 valence electrons. The van der Waals surface area contributed by atoms with Gasteiger partial charge in [-0.3, -0.25) is 4.79 Å². The quantitative estimate of drug-likeness (QED) is 0.902. The number of pyridine rings is 1. The number of hydrogen-bond acceptors (Lipinski definition) is 3. The van der Waals surface area contributed by atoms with E-state index in [0.717, 1.165) is 5.56 Å². The number of nitrogens with zero attached hydrogens (tertiary/aromatic N) is 1. The molecule has 5 heteroatoms. The molecule has 0 spiro atoms. The third-order valence-electron chi connectivity index (χ3n) is 2.48. The van der Waals surface area contributed by atoms with Gasteiger partial charge in [-0.2, -0.15) is 5.26 Å². The van der Waals surface area contributed by atoms with Crippen molar-refractivity contribution >= 4 is 11.6 Å². The first-order valence-electron chi connectivity index (χ1n) is 5.13. The van der Waals surface area contributed by atoms with Gasteiger partial charge in [0, 0.05) is 11.1 Å². The van der Waals surface area contributed by atoms with Gasteiger partial charge in [-0.1, -0.05) is 23.7 Å². The molecule has 0 saturated carbocycles. The van der Waals surface area contributed by atoms with Crippen LogP contribution in [-0.4, -0.2) is 12.1 Å². The minimum atomic E-state index is -0.471. The second kappa shape index (κ2) is 4.94. The fourth-order valence-corrected chi connectivity index (χ4v) is 1.71. The van der Waals surface area contributed by atoms with Gasteiger partial charge in [-0.15, -0.1) is 0 Å². The minimum absolute atomic E-state index is 0.0322. The Morgan fingerprint density at radius 1 is 1.33 bits per heavy atom. The average molecular weight is 261 g/mol. The Labute approximate surface area is 108 Å². The van der Waals surface area contributed by atoms with Crippen molar-refractivity contribution < 1.29 is 4.74 Å². The highest BCUT2D eigenvalue weighted by Gasteiger charge is 2.10. The Kier molecular flexibility index (Phi) is 3.35. The number of aromatic nitrogens is 1. The summed E-state index contributed by atoms with van der Waals surface area (Å²) in [5, 5.41) is 9.47. The number of ether oxygens (including phenoxy) is 1. The van der Waals surface area contributed by atoms with Crippen LogP contribution in [0.3, 0.4) is 0 Å². The molecule has 2 aromatic rings. The number of nitrogens with one attached hydrogen (secondary N) is 1. The standard InChI is InChI=1S/C13H9ClN2O2/c1-18-12-6-11(16-13(17)10(12)7-15)8-2-4-9(14)5-3-8/h2-6H,1H3,(H,16,17). The van der Waals surface area contributed by atoms with E-state index in [0.29, 0.717) is 10.7 Å². The Balaban J connectivity index is 2.60. The number of aromatic amines is 1. The van der Waals surface area contributed by atoms with Gasteiger partial charge in [0.15, 0.2) is 5.56 Å². The van der Waals surface area contributed by atoms with Crippen molar-refractivity contribution in [1.82, 2.24) is 4.98 Å². The van der Waals surface area contributed by atoms with Crippen molar-refractivity contribution in [2.24, 2.45) is 0 Å². The number of halogens is 1. The van der Waals surface area contributed by atoms with Crippen LogP contribution >= 0.6 is 11.6 Å². The van der Waals surface area contributed by atoms with Crippen molar-refractivity contribution in [3.63, 3.8) is 0 Å². The van der Waals surface area contributed by atoms with E-state index in [2.05, 4.69) is 4.98 Å².